The summed E-state index contributed by atoms with van der Waals surface area (Å²) in [6.45, 7) is 1.04. The summed E-state index contributed by atoms with van der Waals surface area (Å²) in [5, 5.41) is 9.47. The van der Waals surface area contributed by atoms with Crippen molar-refractivity contribution in [2.24, 2.45) is 5.92 Å². The van der Waals surface area contributed by atoms with Crippen molar-refractivity contribution in [3.63, 3.8) is 0 Å². The Kier molecular flexibility index (Phi) is 6.50. The number of aliphatic hydroxyl groups is 1. The number of rotatable bonds is 8. The highest BCUT2D eigenvalue weighted by atomic mass is 32.2. The quantitative estimate of drug-likeness (QED) is 0.455. The molecule has 2 fully saturated rings. The van der Waals surface area contributed by atoms with Crippen LogP contribution in [0.25, 0.3) is 11.1 Å². The molecule has 3 aromatic rings. The summed E-state index contributed by atoms with van der Waals surface area (Å²) < 4.78 is 38.7. The maximum absolute atomic E-state index is 13.4. The third kappa shape index (κ3) is 4.61. The van der Waals surface area contributed by atoms with Crippen LogP contribution in [0.1, 0.15) is 38.2 Å². The molecule has 3 aromatic carbocycles. The van der Waals surface area contributed by atoms with Gasteiger partial charge in [-0.3, -0.25) is 4.79 Å². The second-order valence-corrected chi connectivity index (χ2v) is 12.5. The normalized spacial score (nSPS) is 20.3. The fourth-order valence-corrected chi connectivity index (χ4v) is 7.18. The Hall–Kier alpha value is -3.20. The standard InChI is InChI=1S/C30H31NO6S.H2/c32-19-22-4-2-14-31(18-22)38(34,35)26-9-6-23(7-10-26)24-5-1-3-21(15-24)16-29(33)30(12-13-30)25-8-11-27-28(17-25)37-20-36-27;/h1,3,5-11,15,17,22,32H,2,4,12-14,16,18-20H2;1H. The number of hydrogen-bond donors (Lipinski definition) is 1. The molecule has 1 atom stereocenters. The van der Waals surface area contributed by atoms with Crippen molar-refractivity contribution in [1.82, 2.24) is 4.31 Å². The number of ether oxygens (including phenoxy) is 2. The Morgan fingerprint density at radius 2 is 1.79 bits per heavy atom. The highest BCUT2D eigenvalue weighted by Crippen LogP contribution is 2.51. The lowest BCUT2D eigenvalue weighted by Crippen LogP contribution is -2.40. The molecule has 2 aliphatic heterocycles. The van der Waals surface area contributed by atoms with E-state index in [2.05, 4.69) is 0 Å². The van der Waals surface area contributed by atoms with E-state index in [4.69, 9.17) is 9.47 Å². The topological polar surface area (TPSA) is 93.1 Å². The van der Waals surface area contributed by atoms with Gasteiger partial charge in [0.1, 0.15) is 5.78 Å². The van der Waals surface area contributed by atoms with Crippen molar-refractivity contribution >= 4 is 15.8 Å². The molecular weight excluding hydrogens is 502 g/mol. The number of carbonyl (C=O) groups is 1. The number of Topliss-reactive ketones (excluding diaryl/α,β-unsaturated/α-hetero) is 1. The second-order valence-electron chi connectivity index (χ2n) is 10.5. The summed E-state index contributed by atoms with van der Waals surface area (Å²) >= 11 is 0. The minimum absolute atomic E-state index is 0. The van der Waals surface area contributed by atoms with Crippen LogP contribution in [-0.2, 0) is 26.7 Å². The summed E-state index contributed by atoms with van der Waals surface area (Å²) in [5.74, 6) is 1.59. The predicted octanol–water partition coefficient (Wildman–Crippen LogP) is 4.56. The van der Waals surface area contributed by atoms with Crippen molar-refractivity contribution in [3.8, 4) is 22.6 Å². The van der Waals surface area contributed by atoms with Crippen molar-refractivity contribution in [2.45, 2.75) is 42.4 Å². The van der Waals surface area contributed by atoms with Gasteiger partial charge < -0.3 is 14.6 Å². The molecule has 0 aromatic heterocycles. The molecule has 0 amide bonds. The van der Waals surface area contributed by atoms with E-state index in [9.17, 15) is 18.3 Å². The maximum atomic E-state index is 13.4. The zero-order valence-corrected chi connectivity index (χ0v) is 22.0. The highest BCUT2D eigenvalue weighted by molar-refractivity contribution is 7.89. The van der Waals surface area contributed by atoms with Gasteiger partial charge in [-0.25, -0.2) is 8.42 Å². The first-order chi connectivity index (χ1) is 18.4. The molecule has 2 heterocycles. The number of aliphatic hydroxyl groups excluding tert-OH is 1. The molecule has 0 spiro atoms. The largest absolute Gasteiger partial charge is 0.454 e. The average Bonchev–Trinajstić information content (AvgIpc) is 3.64. The van der Waals surface area contributed by atoms with Crippen molar-refractivity contribution < 1.29 is 29.2 Å². The Bertz CT molecular complexity index is 1470. The number of carbonyl (C=O) groups excluding carboxylic acids is 1. The molecule has 1 unspecified atom stereocenters. The lowest BCUT2D eigenvalue weighted by Gasteiger charge is -2.31. The van der Waals surface area contributed by atoms with Gasteiger partial charge in [0.15, 0.2) is 11.5 Å². The van der Waals surface area contributed by atoms with E-state index in [1.54, 1.807) is 12.1 Å². The Morgan fingerprint density at radius 3 is 2.55 bits per heavy atom. The zero-order valence-electron chi connectivity index (χ0n) is 21.1. The summed E-state index contributed by atoms with van der Waals surface area (Å²) in [5.41, 5.74) is 3.28. The van der Waals surface area contributed by atoms with E-state index in [1.165, 1.54) is 4.31 Å². The lowest BCUT2D eigenvalue weighted by atomic mass is 9.87. The van der Waals surface area contributed by atoms with Crippen LogP contribution >= 0.6 is 0 Å². The Balaban J connectivity index is 0.00000308. The summed E-state index contributed by atoms with van der Waals surface area (Å²) in [4.78, 5) is 13.7. The molecule has 8 heteroatoms. The number of nitrogens with zero attached hydrogens (tertiary/aromatic N) is 1. The summed E-state index contributed by atoms with van der Waals surface area (Å²) in [7, 11) is -3.61. The van der Waals surface area contributed by atoms with Crippen molar-refractivity contribution in [2.75, 3.05) is 26.5 Å². The first-order valence-corrected chi connectivity index (χ1v) is 14.6. The van der Waals surface area contributed by atoms with E-state index >= 15 is 0 Å². The monoisotopic (exact) mass is 535 g/mol. The Morgan fingerprint density at radius 1 is 1.00 bits per heavy atom. The number of fused-ring (bicyclic) bond motifs is 1. The van der Waals surface area contributed by atoms with Crippen LogP contribution < -0.4 is 9.47 Å². The fourth-order valence-electron chi connectivity index (χ4n) is 5.63. The highest BCUT2D eigenvalue weighted by Gasteiger charge is 2.50. The molecule has 38 heavy (non-hydrogen) atoms. The molecular formula is C30H33NO6S. The van der Waals surface area contributed by atoms with Gasteiger partial charge in [-0.05, 0) is 78.1 Å². The number of piperidine rings is 1. The third-order valence-electron chi connectivity index (χ3n) is 8.07. The van der Waals surface area contributed by atoms with E-state index in [0.717, 1.165) is 47.9 Å². The number of benzene rings is 3. The zero-order chi connectivity index (χ0) is 26.3. The molecule has 1 aliphatic carbocycles. The van der Waals surface area contributed by atoms with Gasteiger partial charge in [0.25, 0.3) is 0 Å². The number of sulfonamides is 1. The van der Waals surface area contributed by atoms with E-state index < -0.39 is 15.4 Å². The molecule has 1 N–H and O–H groups in total. The van der Waals surface area contributed by atoms with Gasteiger partial charge in [-0.1, -0.05) is 42.5 Å². The molecule has 7 nitrogen and oxygen atoms in total. The second kappa shape index (κ2) is 9.84. The molecule has 200 valence electrons. The van der Waals surface area contributed by atoms with Gasteiger partial charge >= 0.3 is 0 Å². The van der Waals surface area contributed by atoms with Crippen molar-refractivity contribution in [1.29, 1.82) is 0 Å². The van der Waals surface area contributed by atoms with Crippen LogP contribution in [0, 0.1) is 5.92 Å². The molecule has 0 radical (unpaired) electrons. The molecule has 0 bridgehead atoms. The third-order valence-corrected chi connectivity index (χ3v) is 9.95. The SMILES string of the molecule is O=C(Cc1cccc(-c2ccc(S(=O)(=O)N3CCCC(CO)C3)cc2)c1)C1(c2ccc3c(c2)OCO3)CC1.[HH]. The van der Waals surface area contributed by atoms with Crippen LogP contribution in [-0.4, -0.2) is 50.1 Å². The molecule has 3 aliphatic rings. The van der Waals surface area contributed by atoms with Gasteiger partial charge in [-0.15, -0.1) is 0 Å². The smallest absolute Gasteiger partial charge is 0.243 e. The van der Waals surface area contributed by atoms with Gasteiger partial charge in [0, 0.05) is 27.5 Å². The van der Waals surface area contributed by atoms with E-state index in [-0.39, 0.29) is 31.4 Å². The summed E-state index contributed by atoms with van der Waals surface area (Å²) in [6.07, 6.45) is 3.59. The predicted molar refractivity (Wildman–Crippen MR) is 145 cm³/mol. The Labute approximate surface area is 224 Å². The minimum Gasteiger partial charge on any atom is -0.454 e. The number of ketones is 1. The van der Waals surface area contributed by atoms with Gasteiger partial charge in [0.05, 0.1) is 10.3 Å². The fraction of sp³-hybridized carbons (Fsp3) is 0.367. The first kappa shape index (κ1) is 25.1. The molecule has 1 saturated heterocycles. The lowest BCUT2D eigenvalue weighted by molar-refractivity contribution is -0.120. The van der Waals surface area contributed by atoms with Crippen LogP contribution in [0.5, 0.6) is 11.5 Å². The molecule has 1 saturated carbocycles. The van der Waals surface area contributed by atoms with E-state index in [0.29, 0.717) is 31.0 Å². The van der Waals surface area contributed by atoms with Crippen molar-refractivity contribution in [3.05, 3.63) is 77.9 Å². The minimum atomic E-state index is -3.61. The summed E-state index contributed by atoms with van der Waals surface area (Å²) in [6, 6.07) is 20.6. The first-order valence-electron chi connectivity index (χ1n) is 13.1. The average molecular weight is 536 g/mol. The van der Waals surface area contributed by atoms with Crippen LogP contribution in [0.3, 0.4) is 0 Å². The van der Waals surface area contributed by atoms with Crippen LogP contribution in [0.15, 0.2) is 71.6 Å². The van der Waals surface area contributed by atoms with Gasteiger partial charge in [-0.2, -0.15) is 4.31 Å². The van der Waals surface area contributed by atoms with Crippen LogP contribution in [0.2, 0.25) is 0 Å². The van der Waals surface area contributed by atoms with E-state index in [1.807, 2.05) is 54.6 Å². The maximum Gasteiger partial charge on any atom is 0.243 e. The number of hydrogen-bond acceptors (Lipinski definition) is 6. The van der Waals surface area contributed by atoms with Crippen LogP contribution in [0.4, 0.5) is 0 Å². The molecule has 6 rings (SSSR count). The van der Waals surface area contributed by atoms with Gasteiger partial charge in [0.2, 0.25) is 16.8 Å².